The van der Waals surface area contributed by atoms with Gasteiger partial charge in [-0.05, 0) is 39.0 Å². The van der Waals surface area contributed by atoms with Crippen LogP contribution in [0.5, 0.6) is 0 Å². The van der Waals surface area contributed by atoms with Crippen LogP contribution in [0.3, 0.4) is 0 Å². The Morgan fingerprint density at radius 1 is 1.18 bits per heavy atom. The van der Waals surface area contributed by atoms with Crippen LogP contribution >= 0.6 is 11.6 Å². The van der Waals surface area contributed by atoms with Crippen LogP contribution in [0.2, 0.25) is 5.02 Å². The molecule has 1 fully saturated rings. The first kappa shape index (κ1) is 24.3. The minimum absolute atomic E-state index is 0.266. The molecule has 1 saturated heterocycles. The van der Waals surface area contributed by atoms with Crippen molar-refractivity contribution in [1.82, 2.24) is 19.1 Å². The van der Waals surface area contributed by atoms with Crippen LogP contribution in [-0.4, -0.2) is 63.7 Å². The number of carbonyl (C=O) groups excluding carboxylic acids is 1. The van der Waals surface area contributed by atoms with Crippen molar-refractivity contribution in [2.45, 2.75) is 44.9 Å². The lowest BCUT2D eigenvalue weighted by Gasteiger charge is -2.29. The Morgan fingerprint density at radius 3 is 2.59 bits per heavy atom. The summed E-state index contributed by atoms with van der Waals surface area (Å²) >= 11 is 6.30. The second kappa shape index (κ2) is 9.77. The largest absolute Gasteiger partial charge is 0.444 e. The molecule has 0 bridgehead atoms. The smallest absolute Gasteiger partial charge is 0.411 e. The molecule has 1 unspecified atom stereocenters. The van der Waals surface area contributed by atoms with Gasteiger partial charge in [0, 0.05) is 19.7 Å². The number of rotatable bonds is 6. The quantitative estimate of drug-likeness (QED) is 0.490. The minimum atomic E-state index is -0.680. The monoisotopic (exact) mass is 488 g/mol. The molecule has 1 aromatic carbocycles. The molecule has 0 aliphatic carbocycles. The van der Waals surface area contributed by atoms with Gasteiger partial charge in [-0.25, -0.2) is 9.31 Å². The van der Waals surface area contributed by atoms with E-state index in [-0.39, 0.29) is 17.2 Å². The Balaban J connectivity index is 1.83. The van der Waals surface area contributed by atoms with Crippen molar-refractivity contribution in [3.63, 3.8) is 0 Å². The summed E-state index contributed by atoms with van der Waals surface area (Å²) in [7, 11) is 1.60. The second-order valence-electron chi connectivity index (χ2n) is 9.16. The van der Waals surface area contributed by atoms with Gasteiger partial charge in [-0.3, -0.25) is 14.3 Å². The molecule has 10 heteroatoms. The maximum absolute atomic E-state index is 13.6. The summed E-state index contributed by atoms with van der Waals surface area (Å²) in [5, 5.41) is 5.05. The van der Waals surface area contributed by atoms with Crippen LogP contribution in [0.15, 0.2) is 47.4 Å². The molecule has 1 amide bonds. The fraction of sp³-hybridized carbons (Fsp3) is 0.458. The Labute approximate surface area is 202 Å². The average Bonchev–Trinajstić information content (AvgIpc) is 3.37. The Morgan fingerprint density at radius 2 is 1.91 bits per heavy atom. The predicted octanol–water partition coefficient (Wildman–Crippen LogP) is 3.85. The zero-order chi connectivity index (χ0) is 24.5. The number of likely N-dealkylation sites (tertiary alicyclic amines) is 1. The molecule has 0 radical (unpaired) electrons. The summed E-state index contributed by atoms with van der Waals surface area (Å²) in [6.07, 6.45) is 1.33. The zero-order valence-corrected chi connectivity index (χ0v) is 20.5. The third-order valence-corrected chi connectivity index (χ3v) is 5.81. The third-order valence-electron chi connectivity index (χ3n) is 5.51. The molecule has 9 nitrogen and oxygen atoms in total. The summed E-state index contributed by atoms with van der Waals surface area (Å²) < 4.78 is 19.7. The van der Waals surface area contributed by atoms with E-state index in [1.165, 1.54) is 9.08 Å². The molecule has 3 aromatic rings. The van der Waals surface area contributed by atoms with Gasteiger partial charge in [-0.15, -0.1) is 0 Å². The number of hydrogen-bond donors (Lipinski definition) is 0. The van der Waals surface area contributed by atoms with Crippen LogP contribution in [0.4, 0.5) is 4.79 Å². The second-order valence-corrected chi connectivity index (χ2v) is 9.57. The van der Waals surface area contributed by atoms with Crippen LogP contribution < -0.4 is 5.56 Å². The van der Waals surface area contributed by atoms with Crippen LogP contribution in [-0.2, 0) is 14.2 Å². The van der Waals surface area contributed by atoms with E-state index in [1.54, 1.807) is 24.3 Å². The van der Waals surface area contributed by atoms with E-state index in [0.29, 0.717) is 42.7 Å². The van der Waals surface area contributed by atoms with Crippen molar-refractivity contribution in [3.8, 4) is 5.69 Å². The maximum Gasteiger partial charge on any atom is 0.411 e. The molecule has 2 aromatic heterocycles. The number of nitrogens with zero attached hydrogens (tertiary/aromatic N) is 4. The highest BCUT2D eigenvalue weighted by atomic mass is 35.5. The fourth-order valence-corrected chi connectivity index (χ4v) is 4.30. The first-order valence-corrected chi connectivity index (χ1v) is 11.5. The van der Waals surface area contributed by atoms with Crippen molar-refractivity contribution in [2.24, 2.45) is 0 Å². The summed E-state index contributed by atoms with van der Waals surface area (Å²) in [6, 6.07) is 10.3. The summed E-state index contributed by atoms with van der Waals surface area (Å²) in [6.45, 7) is 6.58. The Bertz CT molecular complexity index is 1220. The van der Waals surface area contributed by atoms with Crippen LogP contribution in [0.25, 0.3) is 11.2 Å². The lowest BCUT2D eigenvalue weighted by atomic mass is 10.1. The van der Waals surface area contributed by atoms with Gasteiger partial charge < -0.3 is 14.2 Å². The van der Waals surface area contributed by atoms with Crippen molar-refractivity contribution in [3.05, 3.63) is 63.8 Å². The predicted molar refractivity (Wildman–Crippen MR) is 128 cm³/mol. The van der Waals surface area contributed by atoms with E-state index in [9.17, 15) is 9.59 Å². The summed E-state index contributed by atoms with van der Waals surface area (Å²) in [5.41, 5.74) is -0.105. The summed E-state index contributed by atoms with van der Waals surface area (Å²) in [5.74, 6) is 0.402. The van der Waals surface area contributed by atoms with Gasteiger partial charge in [0.05, 0.1) is 42.6 Å². The summed E-state index contributed by atoms with van der Waals surface area (Å²) in [4.78, 5) is 28.4. The fourth-order valence-electron chi connectivity index (χ4n) is 4.07. The number of ether oxygens (including phenoxy) is 3. The molecule has 1 aliphatic heterocycles. The van der Waals surface area contributed by atoms with E-state index >= 15 is 0 Å². The van der Waals surface area contributed by atoms with Gasteiger partial charge >= 0.3 is 6.09 Å². The van der Waals surface area contributed by atoms with Crippen molar-refractivity contribution < 1.29 is 19.0 Å². The lowest BCUT2D eigenvalue weighted by Crippen LogP contribution is -2.39. The van der Waals surface area contributed by atoms with Crippen molar-refractivity contribution >= 4 is 23.2 Å². The first-order valence-electron chi connectivity index (χ1n) is 11.1. The molecular weight excluding hydrogens is 460 g/mol. The number of halogens is 1. The molecule has 3 heterocycles. The van der Waals surface area contributed by atoms with Crippen LogP contribution in [0.1, 0.15) is 39.1 Å². The van der Waals surface area contributed by atoms with Gasteiger partial charge in [0.1, 0.15) is 11.1 Å². The number of aromatic nitrogens is 3. The third kappa shape index (κ3) is 4.96. The van der Waals surface area contributed by atoms with Gasteiger partial charge in [0.25, 0.3) is 5.56 Å². The van der Waals surface area contributed by atoms with Crippen molar-refractivity contribution in [2.75, 3.05) is 26.9 Å². The highest BCUT2D eigenvalue weighted by Gasteiger charge is 2.42. The normalized spacial score (nSPS) is 18.6. The SMILES string of the molecule is COCCO[C@H]1CC(c2nn3ccc(Cl)c3c(=O)n2-c2ccccc2)N(C(=O)OC(C)(C)C)C1. The number of carbonyl (C=O) groups is 1. The highest BCUT2D eigenvalue weighted by Crippen LogP contribution is 2.34. The Kier molecular flexibility index (Phi) is 6.97. The topological polar surface area (TPSA) is 87.3 Å². The highest BCUT2D eigenvalue weighted by molar-refractivity contribution is 6.33. The van der Waals surface area contributed by atoms with E-state index < -0.39 is 17.7 Å². The number of hydrogen-bond acceptors (Lipinski definition) is 6. The molecule has 0 spiro atoms. The van der Waals surface area contributed by atoms with E-state index in [4.69, 9.17) is 30.9 Å². The molecule has 0 saturated carbocycles. The van der Waals surface area contributed by atoms with Gasteiger partial charge in [-0.2, -0.15) is 5.10 Å². The standard InChI is InChI=1S/C24H29ClN4O5/c1-24(2,3)34-23(31)27-15-17(33-13-12-32-4)14-19(27)21-26-28-11-10-18(25)20(28)22(30)29(21)16-8-6-5-7-9-16/h5-11,17,19H,12-15H2,1-4H3/t17-,19?/m0/s1. The van der Waals surface area contributed by atoms with Gasteiger partial charge in [0.2, 0.25) is 0 Å². The van der Waals surface area contributed by atoms with E-state index in [2.05, 4.69) is 0 Å². The molecule has 1 aliphatic rings. The maximum atomic E-state index is 13.6. The molecule has 4 rings (SSSR count). The molecule has 34 heavy (non-hydrogen) atoms. The number of amides is 1. The number of benzene rings is 1. The zero-order valence-electron chi connectivity index (χ0n) is 19.7. The van der Waals surface area contributed by atoms with E-state index in [1.807, 2.05) is 51.1 Å². The molecular formula is C24H29ClN4O5. The average molecular weight is 489 g/mol. The number of methoxy groups -OCH3 is 1. The van der Waals surface area contributed by atoms with Crippen molar-refractivity contribution in [1.29, 1.82) is 0 Å². The van der Waals surface area contributed by atoms with Gasteiger partial charge in [-0.1, -0.05) is 29.8 Å². The van der Waals surface area contributed by atoms with E-state index in [0.717, 1.165) is 0 Å². The minimum Gasteiger partial charge on any atom is -0.444 e. The molecule has 2 atom stereocenters. The number of para-hydroxylation sites is 1. The first-order chi connectivity index (χ1) is 16.2. The molecule has 0 N–H and O–H groups in total. The number of fused-ring (bicyclic) bond motifs is 1. The molecule has 182 valence electrons. The van der Waals surface area contributed by atoms with Gasteiger partial charge in [0.15, 0.2) is 5.82 Å². The Hall–Kier alpha value is -2.88. The lowest BCUT2D eigenvalue weighted by molar-refractivity contribution is 0.00885. The van der Waals surface area contributed by atoms with Crippen LogP contribution in [0, 0.1) is 0 Å².